The molecule has 1 aliphatic rings. The van der Waals surface area contributed by atoms with Crippen LogP contribution in [0.5, 0.6) is 0 Å². The average Bonchev–Trinajstić information content (AvgIpc) is 3.11. The number of benzene rings is 1. The Balaban J connectivity index is 1.70. The largest absolute Gasteiger partial charge is 0.248 e. The van der Waals surface area contributed by atoms with Crippen LogP contribution in [-0.4, -0.2) is 40.8 Å². The maximum atomic E-state index is 12.4. The molecule has 1 fully saturated rings. The first-order valence-electron chi connectivity index (χ1n) is 6.53. The van der Waals surface area contributed by atoms with Crippen LogP contribution in [0.2, 0.25) is 0 Å². The molecule has 0 saturated carbocycles. The van der Waals surface area contributed by atoms with Crippen molar-refractivity contribution in [3.05, 3.63) is 48.3 Å². The molecule has 1 aliphatic heterocycles. The SMILES string of the molecule is O=S(=O)(Cc1ccccc1)N1CC[C@@H](n2ccnn2)C1. The van der Waals surface area contributed by atoms with Crippen LogP contribution in [0.1, 0.15) is 18.0 Å². The van der Waals surface area contributed by atoms with Gasteiger partial charge in [0.15, 0.2) is 0 Å². The van der Waals surface area contributed by atoms with Gasteiger partial charge in [-0.1, -0.05) is 35.5 Å². The van der Waals surface area contributed by atoms with Crippen molar-refractivity contribution in [3.8, 4) is 0 Å². The van der Waals surface area contributed by atoms with Gasteiger partial charge in [-0.15, -0.1) is 5.10 Å². The van der Waals surface area contributed by atoms with Crippen molar-refractivity contribution >= 4 is 10.0 Å². The Morgan fingerprint density at radius 3 is 2.75 bits per heavy atom. The molecule has 1 aromatic carbocycles. The maximum Gasteiger partial charge on any atom is 0.218 e. The highest BCUT2D eigenvalue weighted by molar-refractivity contribution is 7.88. The number of aromatic nitrogens is 3. The van der Waals surface area contributed by atoms with Gasteiger partial charge in [0.25, 0.3) is 0 Å². The number of nitrogens with zero attached hydrogens (tertiary/aromatic N) is 4. The zero-order chi connectivity index (χ0) is 14.0. The molecule has 1 aromatic heterocycles. The predicted molar refractivity (Wildman–Crippen MR) is 74.3 cm³/mol. The van der Waals surface area contributed by atoms with Crippen molar-refractivity contribution in [2.75, 3.05) is 13.1 Å². The van der Waals surface area contributed by atoms with Crippen LogP contribution in [0, 0.1) is 0 Å². The maximum absolute atomic E-state index is 12.4. The lowest BCUT2D eigenvalue weighted by atomic mass is 10.2. The lowest BCUT2D eigenvalue weighted by Crippen LogP contribution is -2.30. The third kappa shape index (κ3) is 2.73. The molecule has 1 atom stereocenters. The van der Waals surface area contributed by atoms with Crippen molar-refractivity contribution < 1.29 is 8.42 Å². The van der Waals surface area contributed by atoms with Gasteiger partial charge < -0.3 is 0 Å². The van der Waals surface area contributed by atoms with E-state index >= 15 is 0 Å². The Hall–Kier alpha value is -1.73. The molecule has 20 heavy (non-hydrogen) atoms. The zero-order valence-electron chi connectivity index (χ0n) is 11.0. The Morgan fingerprint density at radius 1 is 1.25 bits per heavy atom. The Morgan fingerprint density at radius 2 is 2.05 bits per heavy atom. The summed E-state index contributed by atoms with van der Waals surface area (Å²) in [6.07, 6.45) is 4.16. The Kier molecular flexibility index (Phi) is 3.54. The molecular formula is C13H16N4O2S. The molecule has 6 nitrogen and oxygen atoms in total. The minimum absolute atomic E-state index is 0.0535. The highest BCUT2D eigenvalue weighted by Crippen LogP contribution is 2.24. The molecule has 106 valence electrons. The second-order valence-electron chi connectivity index (χ2n) is 4.93. The van der Waals surface area contributed by atoms with Crippen molar-refractivity contribution in [2.45, 2.75) is 18.2 Å². The highest BCUT2D eigenvalue weighted by atomic mass is 32.2. The van der Waals surface area contributed by atoms with Crippen molar-refractivity contribution in [1.82, 2.24) is 19.3 Å². The van der Waals surface area contributed by atoms with Gasteiger partial charge in [-0.3, -0.25) is 0 Å². The minimum Gasteiger partial charge on any atom is -0.248 e. The fourth-order valence-electron chi connectivity index (χ4n) is 2.47. The first-order valence-corrected chi connectivity index (χ1v) is 8.13. The van der Waals surface area contributed by atoms with Gasteiger partial charge in [0.1, 0.15) is 0 Å². The Labute approximate surface area is 118 Å². The first kappa shape index (κ1) is 13.3. The minimum atomic E-state index is -3.27. The molecule has 0 aliphatic carbocycles. The second kappa shape index (κ2) is 5.34. The molecule has 0 spiro atoms. The second-order valence-corrected chi connectivity index (χ2v) is 6.89. The van der Waals surface area contributed by atoms with E-state index in [1.165, 1.54) is 0 Å². The van der Waals surface area contributed by atoms with E-state index in [0.29, 0.717) is 13.1 Å². The monoisotopic (exact) mass is 292 g/mol. The van der Waals surface area contributed by atoms with Crippen molar-refractivity contribution in [3.63, 3.8) is 0 Å². The number of hydrogen-bond acceptors (Lipinski definition) is 4. The molecule has 3 rings (SSSR count). The summed E-state index contributed by atoms with van der Waals surface area (Å²) in [6, 6.07) is 9.35. The molecule has 0 unspecified atom stereocenters. The summed E-state index contributed by atoms with van der Waals surface area (Å²) >= 11 is 0. The van der Waals surface area contributed by atoms with E-state index in [1.807, 2.05) is 30.3 Å². The van der Waals surface area contributed by atoms with E-state index < -0.39 is 10.0 Å². The molecule has 2 heterocycles. The first-order chi connectivity index (χ1) is 9.65. The summed E-state index contributed by atoms with van der Waals surface area (Å²) in [6.45, 7) is 1.01. The number of rotatable bonds is 4. The highest BCUT2D eigenvalue weighted by Gasteiger charge is 2.32. The molecular weight excluding hydrogens is 276 g/mol. The number of hydrogen-bond donors (Lipinski definition) is 0. The van der Waals surface area contributed by atoms with E-state index in [-0.39, 0.29) is 11.8 Å². The summed E-state index contributed by atoms with van der Waals surface area (Å²) in [5.74, 6) is 0.0535. The number of sulfonamides is 1. The molecule has 0 radical (unpaired) electrons. The summed E-state index contributed by atoms with van der Waals surface area (Å²) in [5, 5.41) is 7.71. The standard InChI is InChI=1S/C13H16N4O2S/c18-20(19,11-12-4-2-1-3-5-12)16-8-6-13(10-16)17-9-7-14-15-17/h1-5,7,9,13H,6,8,10-11H2/t13-/m1/s1. The quantitative estimate of drug-likeness (QED) is 0.845. The van der Waals surface area contributed by atoms with Gasteiger partial charge in [0.05, 0.1) is 18.0 Å². The molecule has 2 aromatic rings. The molecule has 0 amide bonds. The lowest BCUT2D eigenvalue weighted by Gasteiger charge is -2.16. The van der Waals surface area contributed by atoms with Crippen LogP contribution in [0.3, 0.4) is 0 Å². The normalized spacial score (nSPS) is 20.3. The van der Waals surface area contributed by atoms with Crippen LogP contribution in [-0.2, 0) is 15.8 Å². The van der Waals surface area contributed by atoms with Crippen LogP contribution in [0.4, 0.5) is 0 Å². The van der Waals surface area contributed by atoms with Crippen LogP contribution in [0.25, 0.3) is 0 Å². The van der Waals surface area contributed by atoms with Gasteiger partial charge in [-0.05, 0) is 12.0 Å². The fourth-order valence-corrected chi connectivity index (χ4v) is 4.05. The topological polar surface area (TPSA) is 68.1 Å². The van der Waals surface area contributed by atoms with E-state index in [1.54, 1.807) is 21.4 Å². The van der Waals surface area contributed by atoms with E-state index in [4.69, 9.17) is 0 Å². The van der Waals surface area contributed by atoms with Crippen molar-refractivity contribution in [2.24, 2.45) is 0 Å². The average molecular weight is 292 g/mol. The molecule has 7 heteroatoms. The lowest BCUT2D eigenvalue weighted by molar-refractivity contribution is 0.428. The zero-order valence-corrected chi connectivity index (χ0v) is 11.8. The van der Waals surface area contributed by atoms with Gasteiger partial charge in [0, 0.05) is 19.3 Å². The third-order valence-electron chi connectivity index (χ3n) is 3.53. The van der Waals surface area contributed by atoms with Gasteiger partial charge in [-0.25, -0.2) is 13.1 Å². The van der Waals surface area contributed by atoms with Gasteiger partial charge in [-0.2, -0.15) is 4.31 Å². The summed E-state index contributed by atoms with van der Waals surface area (Å²) in [7, 11) is -3.27. The Bertz CT molecular complexity index is 655. The molecule has 0 N–H and O–H groups in total. The van der Waals surface area contributed by atoms with Crippen LogP contribution >= 0.6 is 0 Å². The smallest absolute Gasteiger partial charge is 0.218 e. The fraction of sp³-hybridized carbons (Fsp3) is 0.385. The summed E-state index contributed by atoms with van der Waals surface area (Å²) in [5.41, 5.74) is 0.816. The van der Waals surface area contributed by atoms with Crippen LogP contribution < -0.4 is 0 Å². The third-order valence-corrected chi connectivity index (χ3v) is 5.34. The predicted octanol–water partition coefficient (Wildman–Crippen LogP) is 1.05. The van der Waals surface area contributed by atoms with Gasteiger partial charge >= 0.3 is 0 Å². The van der Waals surface area contributed by atoms with Gasteiger partial charge in [0.2, 0.25) is 10.0 Å². The van der Waals surface area contributed by atoms with Crippen LogP contribution in [0.15, 0.2) is 42.7 Å². The molecule has 0 bridgehead atoms. The van der Waals surface area contributed by atoms with E-state index in [0.717, 1.165) is 12.0 Å². The van der Waals surface area contributed by atoms with E-state index in [9.17, 15) is 8.42 Å². The summed E-state index contributed by atoms with van der Waals surface area (Å²) < 4.78 is 28.1. The summed E-state index contributed by atoms with van der Waals surface area (Å²) in [4.78, 5) is 0. The molecule has 1 saturated heterocycles. The van der Waals surface area contributed by atoms with E-state index in [2.05, 4.69) is 10.3 Å². The van der Waals surface area contributed by atoms with Crippen molar-refractivity contribution in [1.29, 1.82) is 0 Å².